The lowest BCUT2D eigenvalue weighted by Crippen LogP contribution is -2.03. The minimum Gasteiger partial charge on any atom is -0.396 e. The highest BCUT2D eigenvalue weighted by atomic mass is 35.5. The van der Waals surface area contributed by atoms with Gasteiger partial charge in [0.1, 0.15) is 18.2 Å². The molecule has 0 radical (unpaired) electrons. The Hall–Kier alpha value is -4.31. The molecule has 0 saturated carbocycles. The van der Waals surface area contributed by atoms with E-state index in [9.17, 15) is 5.26 Å². The van der Waals surface area contributed by atoms with Crippen molar-refractivity contribution in [2.24, 2.45) is 5.73 Å². The number of hydrogen-bond donors (Lipinski definition) is 1. The Morgan fingerprint density at radius 1 is 0.966 bits per heavy atom. The van der Waals surface area contributed by atoms with Crippen LogP contribution in [0.2, 0.25) is 5.02 Å². The SMILES string of the molecule is N#CC(=Cc1cn(-c2ccccc2)nc1-c1ccc(Cl)cc1)C(N)=C(C#N)C#N. The van der Waals surface area contributed by atoms with Crippen LogP contribution in [0.5, 0.6) is 0 Å². The van der Waals surface area contributed by atoms with Crippen LogP contribution in [0.25, 0.3) is 23.0 Å². The van der Waals surface area contributed by atoms with Crippen molar-refractivity contribution in [3.05, 3.63) is 88.2 Å². The minimum absolute atomic E-state index is 0.00549. The Kier molecular flexibility index (Phi) is 5.76. The Morgan fingerprint density at radius 2 is 1.62 bits per heavy atom. The number of allylic oxidation sites excluding steroid dienone is 2. The quantitative estimate of drug-likeness (QED) is 0.519. The van der Waals surface area contributed by atoms with Gasteiger partial charge >= 0.3 is 0 Å². The lowest BCUT2D eigenvalue weighted by atomic mass is 10.0. The van der Waals surface area contributed by atoms with E-state index in [1.54, 1.807) is 35.1 Å². The van der Waals surface area contributed by atoms with Gasteiger partial charge in [0, 0.05) is 22.3 Å². The monoisotopic (exact) mass is 396 g/mol. The molecule has 0 fully saturated rings. The number of hydrogen-bond acceptors (Lipinski definition) is 5. The van der Waals surface area contributed by atoms with Crippen molar-refractivity contribution in [3.8, 4) is 35.2 Å². The topological polar surface area (TPSA) is 115 Å². The molecule has 2 N–H and O–H groups in total. The molecule has 0 aliphatic heterocycles. The predicted octanol–water partition coefficient (Wildman–Crippen LogP) is 4.36. The highest BCUT2D eigenvalue weighted by Crippen LogP contribution is 2.27. The van der Waals surface area contributed by atoms with E-state index in [0.29, 0.717) is 16.3 Å². The molecular weight excluding hydrogens is 384 g/mol. The molecule has 0 aliphatic rings. The summed E-state index contributed by atoms with van der Waals surface area (Å²) in [6.07, 6.45) is 3.27. The molecule has 3 rings (SSSR count). The van der Waals surface area contributed by atoms with Gasteiger partial charge in [0.05, 0.1) is 22.7 Å². The van der Waals surface area contributed by atoms with Gasteiger partial charge < -0.3 is 5.73 Å². The van der Waals surface area contributed by atoms with Gasteiger partial charge in [0.25, 0.3) is 0 Å². The van der Waals surface area contributed by atoms with Crippen molar-refractivity contribution in [1.82, 2.24) is 9.78 Å². The number of nitrogens with two attached hydrogens (primary N) is 1. The summed E-state index contributed by atoms with van der Waals surface area (Å²) in [5.41, 5.74) is 8.20. The van der Waals surface area contributed by atoms with Crippen molar-refractivity contribution in [1.29, 1.82) is 15.8 Å². The standard InChI is InChI=1S/C22H13ClN6/c23-19-8-6-15(7-9-19)22-17(10-16(11-24)21(27)18(12-25)13-26)14-29(28-22)20-4-2-1-3-5-20/h1-10,14H,27H2. The van der Waals surface area contributed by atoms with Crippen LogP contribution in [0, 0.1) is 34.0 Å². The Balaban J connectivity index is 2.22. The number of aromatic nitrogens is 2. The van der Waals surface area contributed by atoms with E-state index in [0.717, 1.165) is 11.3 Å². The molecule has 0 amide bonds. The molecule has 0 saturated heterocycles. The molecule has 0 aliphatic carbocycles. The first-order chi connectivity index (χ1) is 14.1. The first-order valence-corrected chi connectivity index (χ1v) is 8.78. The largest absolute Gasteiger partial charge is 0.396 e. The van der Waals surface area contributed by atoms with Gasteiger partial charge in [-0.25, -0.2) is 4.68 Å². The number of rotatable bonds is 4. The minimum atomic E-state index is -0.318. The summed E-state index contributed by atoms with van der Waals surface area (Å²) in [7, 11) is 0. The van der Waals surface area contributed by atoms with Crippen molar-refractivity contribution in [3.63, 3.8) is 0 Å². The van der Waals surface area contributed by atoms with Gasteiger partial charge in [-0.05, 0) is 30.3 Å². The molecule has 1 aromatic heterocycles. The maximum absolute atomic E-state index is 9.52. The van der Waals surface area contributed by atoms with E-state index < -0.39 is 0 Å². The molecule has 29 heavy (non-hydrogen) atoms. The fraction of sp³-hybridized carbons (Fsp3) is 0. The van der Waals surface area contributed by atoms with Crippen LogP contribution in [0.4, 0.5) is 0 Å². The molecule has 3 aromatic rings. The second-order valence-corrected chi connectivity index (χ2v) is 6.34. The van der Waals surface area contributed by atoms with Crippen molar-refractivity contribution in [2.75, 3.05) is 0 Å². The van der Waals surface area contributed by atoms with Gasteiger partial charge in [0.2, 0.25) is 0 Å². The third kappa shape index (κ3) is 4.17. The smallest absolute Gasteiger partial charge is 0.153 e. The summed E-state index contributed by atoms with van der Waals surface area (Å²) in [5.74, 6) is 0. The molecule has 7 heteroatoms. The van der Waals surface area contributed by atoms with Crippen LogP contribution < -0.4 is 5.73 Å². The van der Waals surface area contributed by atoms with Crippen LogP contribution in [-0.4, -0.2) is 9.78 Å². The molecule has 0 atom stereocenters. The average molecular weight is 397 g/mol. The fourth-order valence-corrected chi connectivity index (χ4v) is 2.77. The zero-order chi connectivity index (χ0) is 20.8. The van der Waals surface area contributed by atoms with E-state index in [4.69, 9.17) is 27.9 Å². The third-order valence-electron chi connectivity index (χ3n) is 4.08. The van der Waals surface area contributed by atoms with Crippen molar-refractivity contribution >= 4 is 17.7 Å². The van der Waals surface area contributed by atoms with E-state index in [2.05, 4.69) is 5.10 Å². The zero-order valence-corrected chi connectivity index (χ0v) is 15.8. The number of para-hydroxylation sites is 1. The Morgan fingerprint density at radius 3 is 2.21 bits per heavy atom. The second-order valence-electron chi connectivity index (χ2n) is 5.90. The number of nitriles is 3. The van der Waals surface area contributed by atoms with Gasteiger partial charge in [-0.2, -0.15) is 20.9 Å². The summed E-state index contributed by atoms with van der Waals surface area (Å²) in [6, 6.07) is 22.0. The second kappa shape index (κ2) is 8.59. The van der Waals surface area contributed by atoms with Gasteiger partial charge in [0.15, 0.2) is 5.57 Å². The Labute approximate surface area is 172 Å². The molecule has 0 spiro atoms. The molecule has 0 bridgehead atoms. The third-order valence-corrected chi connectivity index (χ3v) is 4.34. The first kappa shape index (κ1) is 19.5. The van der Waals surface area contributed by atoms with E-state index in [-0.39, 0.29) is 16.8 Å². The van der Waals surface area contributed by atoms with Crippen LogP contribution >= 0.6 is 11.6 Å². The molecule has 6 nitrogen and oxygen atoms in total. The summed E-state index contributed by atoms with van der Waals surface area (Å²) in [4.78, 5) is 0. The fourth-order valence-electron chi connectivity index (χ4n) is 2.64. The highest BCUT2D eigenvalue weighted by Gasteiger charge is 2.14. The van der Waals surface area contributed by atoms with Gasteiger partial charge in [-0.15, -0.1) is 0 Å². The molecule has 1 heterocycles. The zero-order valence-electron chi connectivity index (χ0n) is 15.0. The highest BCUT2D eigenvalue weighted by molar-refractivity contribution is 6.30. The molecule has 0 unspecified atom stereocenters. The first-order valence-electron chi connectivity index (χ1n) is 8.40. The summed E-state index contributed by atoms with van der Waals surface area (Å²) in [6.45, 7) is 0. The predicted molar refractivity (Wildman–Crippen MR) is 110 cm³/mol. The van der Waals surface area contributed by atoms with Gasteiger partial charge in [-0.3, -0.25) is 0 Å². The lowest BCUT2D eigenvalue weighted by molar-refractivity contribution is 0.884. The maximum atomic E-state index is 9.52. The number of benzene rings is 2. The van der Waals surface area contributed by atoms with Crippen LogP contribution in [-0.2, 0) is 0 Å². The summed E-state index contributed by atoms with van der Waals surface area (Å²) < 4.78 is 1.68. The average Bonchev–Trinajstić information content (AvgIpc) is 3.18. The summed E-state index contributed by atoms with van der Waals surface area (Å²) in [5, 5.41) is 32.8. The maximum Gasteiger partial charge on any atom is 0.153 e. The Bertz CT molecular complexity index is 1210. The molecule has 138 valence electrons. The number of halogens is 1. The van der Waals surface area contributed by atoms with E-state index in [1.165, 1.54) is 6.08 Å². The van der Waals surface area contributed by atoms with Crippen molar-refractivity contribution in [2.45, 2.75) is 0 Å². The molecule has 2 aromatic carbocycles. The number of nitrogens with zero attached hydrogens (tertiary/aromatic N) is 5. The molecular formula is C22H13ClN6. The van der Waals surface area contributed by atoms with Gasteiger partial charge in [-0.1, -0.05) is 41.9 Å². The van der Waals surface area contributed by atoms with Crippen LogP contribution in [0.15, 0.2) is 77.6 Å². The van der Waals surface area contributed by atoms with Crippen molar-refractivity contribution < 1.29 is 0 Å². The normalized spacial score (nSPS) is 10.5. The van der Waals surface area contributed by atoms with E-state index in [1.807, 2.05) is 48.5 Å². The lowest BCUT2D eigenvalue weighted by Gasteiger charge is -2.02. The van der Waals surface area contributed by atoms with Crippen LogP contribution in [0.3, 0.4) is 0 Å². The van der Waals surface area contributed by atoms with Crippen LogP contribution in [0.1, 0.15) is 5.56 Å². The summed E-state index contributed by atoms with van der Waals surface area (Å²) >= 11 is 5.99. The van der Waals surface area contributed by atoms with E-state index >= 15 is 0 Å².